The van der Waals surface area contributed by atoms with Crippen molar-refractivity contribution < 1.29 is 38.8 Å². The summed E-state index contributed by atoms with van der Waals surface area (Å²) in [5, 5.41) is 11.5. The second-order valence-electron chi connectivity index (χ2n) is 10.7. The van der Waals surface area contributed by atoms with Crippen molar-refractivity contribution in [3.63, 3.8) is 0 Å². The second-order valence-corrected chi connectivity index (χ2v) is 10.7. The van der Waals surface area contributed by atoms with E-state index in [2.05, 4.69) is 68.4 Å². The number of pyridine rings is 1. The van der Waals surface area contributed by atoms with E-state index in [-0.39, 0.29) is 31.6 Å². The van der Waals surface area contributed by atoms with E-state index in [9.17, 15) is 4.79 Å². The van der Waals surface area contributed by atoms with Crippen LogP contribution in [-0.2, 0) is 24.9 Å². The number of aryl methyl sites for hydroxylation is 2. The van der Waals surface area contributed by atoms with Crippen molar-refractivity contribution >= 4 is 38.7 Å². The van der Waals surface area contributed by atoms with Gasteiger partial charge in [-0.05, 0) is 73.8 Å². The van der Waals surface area contributed by atoms with Gasteiger partial charge in [-0.25, -0.2) is 0 Å². The Morgan fingerprint density at radius 1 is 0.818 bits per heavy atom. The first-order chi connectivity index (χ1) is 20.8. The normalized spacial score (nSPS) is 11.3. The van der Waals surface area contributed by atoms with E-state index < -0.39 is 0 Å². The first-order valence-electron chi connectivity index (χ1n) is 14.1. The number of hydrogen-bond acceptors (Lipinski definition) is 5. The van der Waals surface area contributed by atoms with Gasteiger partial charge in [-0.15, -0.1) is 18.2 Å². The molecule has 1 radical (unpaired) electrons. The van der Waals surface area contributed by atoms with Crippen LogP contribution in [0.4, 0.5) is 0 Å². The zero-order chi connectivity index (χ0) is 30.1. The Morgan fingerprint density at radius 3 is 2.20 bits per heavy atom. The molecule has 0 fully saturated rings. The first-order valence-corrected chi connectivity index (χ1v) is 14.1. The van der Waals surface area contributed by atoms with Gasteiger partial charge in [0, 0.05) is 48.7 Å². The predicted octanol–water partition coefficient (Wildman–Crippen LogP) is 10.2. The van der Waals surface area contributed by atoms with Crippen molar-refractivity contribution in [3.05, 3.63) is 126 Å². The Labute approximate surface area is 269 Å². The molecular formula is C38H30IrNO4-. The van der Waals surface area contributed by atoms with Gasteiger partial charge in [-0.3, -0.25) is 4.79 Å². The minimum Gasteiger partial charge on any atom is -0.512 e. The van der Waals surface area contributed by atoms with Crippen LogP contribution in [0.5, 0.6) is 0 Å². The van der Waals surface area contributed by atoms with Crippen molar-refractivity contribution in [1.29, 1.82) is 0 Å². The van der Waals surface area contributed by atoms with Crippen molar-refractivity contribution in [1.82, 2.24) is 4.98 Å². The molecule has 3 aromatic heterocycles. The third-order valence-corrected chi connectivity index (χ3v) is 7.35. The first kappa shape index (κ1) is 30.7. The number of nitrogens with zero attached hydrogens (tertiary/aromatic N) is 1. The molecule has 0 amide bonds. The maximum Gasteiger partial charge on any atom is 0.155 e. The van der Waals surface area contributed by atoms with Crippen LogP contribution in [-0.4, -0.2) is 15.9 Å². The SMILES string of the molecule is CC(=O)/C=C(/C)O.Cc1cccc(C)c1-c1ccc(-c2cc3cnc(-c4[c-]ccc5c4oc4ccccc45)cc3o2)cc1.[Ir]. The van der Waals surface area contributed by atoms with Gasteiger partial charge >= 0.3 is 0 Å². The number of carbonyl (C=O) groups excluding carboxylic acids is 1. The molecule has 44 heavy (non-hydrogen) atoms. The third kappa shape index (κ3) is 6.14. The van der Waals surface area contributed by atoms with E-state index in [4.69, 9.17) is 18.9 Å². The quantitative estimate of drug-likeness (QED) is 0.110. The number of ketones is 1. The van der Waals surface area contributed by atoms with E-state index in [1.807, 2.05) is 48.7 Å². The zero-order valence-electron chi connectivity index (χ0n) is 24.8. The molecule has 6 heteroatoms. The van der Waals surface area contributed by atoms with Crippen LogP contribution in [0.1, 0.15) is 25.0 Å². The van der Waals surface area contributed by atoms with Crippen LogP contribution in [0, 0.1) is 19.9 Å². The minimum atomic E-state index is -0.125. The number of para-hydroxylation sites is 1. The Bertz CT molecular complexity index is 2130. The zero-order valence-corrected chi connectivity index (χ0v) is 27.2. The number of benzene rings is 4. The number of allylic oxidation sites excluding steroid dienone is 2. The van der Waals surface area contributed by atoms with Gasteiger partial charge < -0.3 is 18.9 Å². The van der Waals surface area contributed by atoms with Gasteiger partial charge in [-0.1, -0.05) is 71.6 Å². The second kappa shape index (κ2) is 12.8. The van der Waals surface area contributed by atoms with Crippen LogP contribution in [0.25, 0.3) is 66.6 Å². The maximum atomic E-state index is 10.0. The van der Waals surface area contributed by atoms with Crippen molar-refractivity contribution in [3.8, 4) is 33.7 Å². The van der Waals surface area contributed by atoms with Gasteiger partial charge in [0.2, 0.25) is 0 Å². The Morgan fingerprint density at radius 2 is 1.52 bits per heavy atom. The number of aromatic nitrogens is 1. The average molecular weight is 757 g/mol. The average Bonchev–Trinajstić information content (AvgIpc) is 3.58. The molecule has 0 aliphatic carbocycles. The minimum absolute atomic E-state index is 0. The molecule has 7 rings (SSSR count). The van der Waals surface area contributed by atoms with E-state index in [0.717, 1.165) is 55.5 Å². The molecule has 3 heterocycles. The molecule has 0 aliphatic rings. The van der Waals surface area contributed by atoms with Gasteiger partial charge in [-0.2, -0.15) is 0 Å². The standard InChI is InChI=1S/C33H22NO2.C5H8O2.Ir/c1-20-7-5-8-21(2)32(20)23-15-13-22(14-16-23)30-17-24-19-34-28(18-31(24)35-30)27-11-6-10-26-25-9-3-4-12-29(25)36-33(26)27;1-4(6)3-5(2)7;/h3-10,12-19H,1-2H3;3,6H,1-2H3;/q-1;;/b;4-3-;. The summed E-state index contributed by atoms with van der Waals surface area (Å²) in [5.41, 5.74) is 10.1. The molecule has 0 spiro atoms. The molecule has 0 saturated heterocycles. The molecule has 0 unspecified atom stereocenters. The number of hydrogen-bond donors (Lipinski definition) is 1. The number of carbonyl (C=O) groups is 1. The monoisotopic (exact) mass is 757 g/mol. The predicted molar refractivity (Wildman–Crippen MR) is 173 cm³/mol. The molecule has 0 atom stereocenters. The summed E-state index contributed by atoms with van der Waals surface area (Å²) in [5.74, 6) is 0.760. The molecule has 1 N–H and O–H groups in total. The van der Waals surface area contributed by atoms with Gasteiger partial charge in [0.1, 0.15) is 16.9 Å². The van der Waals surface area contributed by atoms with Gasteiger partial charge in [0.05, 0.1) is 11.3 Å². The Kier molecular flexibility index (Phi) is 8.96. The van der Waals surface area contributed by atoms with Crippen molar-refractivity contribution in [2.24, 2.45) is 0 Å². The van der Waals surface area contributed by atoms with Crippen LogP contribution in [0.15, 0.2) is 118 Å². The number of aliphatic hydroxyl groups excluding tert-OH is 1. The molecule has 0 aliphatic heterocycles. The smallest absolute Gasteiger partial charge is 0.155 e. The molecule has 7 aromatic rings. The summed E-state index contributed by atoms with van der Waals surface area (Å²) in [7, 11) is 0. The fraction of sp³-hybridized carbons (Fsp3) is 0.105. The van der Waals surface area contributed by atoms with Crippen LogP contribution in [0.3, 0.4) is 0 Å². The number of furan rings is 2. The molecule has 5 nitrogen and oxygen atoms in total. The van der Waals surface area contributed by atoms with E-state index in [0.29, 0.717) is 0 Å². The number of aliphatic hydroxyl groups is 1. The van der Waals surface area contributed by atoms with Crippen LogP contribution >= 0.6 is 0 Å². The summed E-state index contributed by atoms with van der Waals surface area (Å²) in [6.45, 7) is 7.16. The van der Waals surface area contributed by atoms with E-state index >= 15 is 0 Å². The molecule has 0 saturated carbocycles. The molecule has 0 bridgehead atoms. The number of rotatable bonds is 4. The maximum absolute atomic E-state index is 10.0. The van der Waals surface area contributed by atoms with Crippen molar-refractivity contribution in [2.45, 2.75) is 27.7 Å². The summed E-state index contributed by atoms with van der Waals surface area (Å²) in [4.78, 5) is 14.7. The summed E-state index contributed by atoms with van der Waals surface area (Å²) in [6.07, 6.45) is 3.03. The number of fused-ring (bicyclic) bond motifs is 4. The van der Waals surface area contributed by atoms with Crippen LogP contribution < -0.4 is 0 Å². The van der Waals surface area contributed by atoms with E-state index in [1.54, 1.807) is 0 Å². The topological polar surface area (TPSA) is 76.5 Å². The fourth-order valence-electron chi connectivity index (χ4n) is 5.46. The van der Waals surface area contributed by atoms with E-state index in [1.165, 1.54) is 42.2 Å². The molecule has 221 valence electrons. The largest absolute Gasteiger partial charge is 0.512 e. The summed E-state index contributed by atoms with van der Waals surface area (Å²) >= 11 is 0. The third-order valence-electron chi connectivity index (χ3n) is 7.35. The van der Waals surface area contributed by atoms with Crippen LogP contribution in [0.2, 0.25) is 0 Å². The van der Waals surface area contributed by atoms with Gasteiger partial charge in [0.15, 0.2) is 5.78 Å². The summed E-state index contributed by atoms with van der Waals surface area (Å²) < 4.78 is 12.5. The Balaban J connectivity index is 0.000000433. The summed E-state index contributed by atoms with van der Waals surface area (Å²) in [6, 6.07) is 34.4. The van der Waals surface area contributed by atoms with Gasteiger partial charge in [0.25, 0.3) is 0 Å². The molecular weight excluding hydrogens is 727 g/mol. The van der Waals surface area contributed by atoms with Crippen molar-refractivity contribution in [2.75, 3.05) is 0 Å². The molecule has 4 aromatic carbocycles. The Hall–Kier alpha value is -4.77. The fourth-order valence-corrected chi connectivity index (χ4v) is 5.46.